The van der Waals surface area contributed by atoms with Crippen molar-refractivity contribution in [3.63, 3.8) is 0 Å². The average Bonchev–Trinajstić information content (AvgIpc) is 2.58. The molecular weight excluding hydrogens is 338 g/mol. The first-order valence-corrected chi connectivity index (χ1v) is 7.41. The summed E-state index contributed by atoms with van der Waals surface area (Å²) in [4.78, 5) is 33.1. The number of ether oxygens (including phenoxy) is 4. The van der Waals surface area contributed by atoms with Crippen molar-refractivity contribution < 1.29 is 38.6 Å². The molecule has 0 spiro atoms. The molecule has 0 aliphatic carbocycles. The van der Waals surface area contributed by atoms with Crippen molar-refractivity contribution in [1.29, 1.82) is 0 Å². The van der Waals surface area contributed by atoms with Gasteiger partial charge >= 0.3 is 11.9 Å². The second-order valence-corrected chi connectivity index (χ2v) is 4.53. The maximum atomic E-state index is 11.4. The summed E-state index contributed by atoms with van der Waals surface area (Å²) < 4.78 is 19.9. The molecule has 1 rings (SSSR count). The van der Waals surface area contributed by atoms with Crippen LogP contribution in [0.2, 0.25) is 0 Å². The van der Waals surface area contributed by atoms with Crippen LogP contribution >= 0.6 is 0 Å². The number of hydrogen-bond donors (Lipinski definition) is 1. The Morgan fingerprint density at radius 1 is 1.04 bits per heavy atom. The van der Waals surface area contributed by atoms with Crippen molar-refractivity contribution >= 4 is 17.6 Å². The lowest BCUT2D eigenvalue weighted by Gasteiger charge is -2.13. The number of hydrogen-bond acceptors (Lipinski definition) is 9. The van der Waals surface area contributed by atoms with Crippen LogP contribution in [0.25, 0.3) is 0 Å². The topological polar surface area (TPSA) is 134 Å². The van der Waals surface area contributed by atoms with E-state index in [-0.39, 0.29) is 30.3 Å². The zero-order valence-corrected chi connectivity index (χ0v) is 13.9. The Balaban J connectivity index is 3.05. The lowest BCUT2D eigenvalue weighted by molar-refractivity contribution is -0.385. The summed E-state index contributed by atoms with van der Waals surface area (Å²) in [5.74, 6) is -1.51. The highest BCUT2D eigenvalue weighted by Gasteiger charge is 2.21. The molecule has 1 aromatic rings. The molecule has 0 atom stereocenters. The number of carbonyl (C=O) groups is 2. The molecule has 138 valence electrons. The normalized spacial score (nSPS) is 10.0. The van der Waals surface area contributed by atoms with Crippen molar-refractivity contribution in [2.24, 2.45) is 0 Å². The Morgan fingerprint density at radius 2 is 1.52 bits per heavy atom. The van der Waals surface area contributed by atoms with Gasteiger partial charge in [-0.05, 0) is 19.9 Å². The third-order valence-electron chi connectivity index (χ3n) is 2.81. The first-order chi connectivity index (χ1) is 11.9. The molecule has 0 aromatic heterocycles. The van der Waals surface area contributed by atoms with E-state index in [1.54, 1.807) is 13.8 Å². The van der Waals surface area contributed by atoms with Crippen LogP contribution in [0.1, 0.15) is 19.4 Å². The van der Waals surface area contributed by atoms with Crippen LogP contribution in [0.5, 0.6) is 11.5 Å². The number of nitrogens with zero attached hydrogens (tertiary/aromatic N) is 1. The summed E-state index contributed by atoms with van der Waals surface area (Å²) in [6.07, 6.45) is 0. The molecule has 0 amide bonds. The molecule has 0 aliphatic heterocycles. The molecule has 0 bridgehead atoms. The van der Waals surface area contributed by atoms with Gasteiger partial charge in [-0.3, -0.25) is 10.1 Å². The average molecular weight is 357 g/mol. The van der Waals surface area contributed by atoms with Gasteiger partial charge in [0.15, 0.2) is 24.7 Å². The molecule has 0 saturated carbocycles. The number of benzene rings is 1. The van der Waals surface area contributed by atoms with E-state index < -0.39 is 42.4 Å². The highest BCUT2D eigenvalue weighted by atomic mass is 16.6. The number of aliphatic hydroxyl groups is 1. The monoisotopic (exact) mass is 357 g/mol. The molecular formula is C15H19NO9. The summed E-state index contributed by atoms with van der Waals surface area (Å²) in [6.45, 7) is 1.97. The second-order valence-electron chi connectivity index (χ2n) is 4.53. The van der Waals surface area contributed by atoms with Crippen molar-refractivity contribution in [2.75, 3.05) is 26.4 Å². The highest BCUT2D eigenvalue weighted by Crippen LogP contribution is 2.35. The Bertz CT molecular complexity index is 630. The molecule has 0 fully saturated rings. The number of rotatable bonds is 10. The molecule has 1 N–H and O–H groups in total. The quantitative estimate of drug-likeness (QED) is 0.369. The molecule has 10 heteroatoms. The Labute approximate surface area is 143 Å². The minimum absolute atomic E-state index is 0.0349. The lowest BCUT2D eigenvalue weighted by Crippen LogP contribution is -2.17. The van der Waals surface area contributed by atoms with Crippen molar-refractivity contribution in [3.05, 3.63) is 27.8 Å². The van der Waals surface area contributed by atoms with Gasteiger partial charge in [-0.25, -0.2) is 9.59 Å². The summed E-state index contributed by atoms with van der Waals surface area (Å²) in [5.41, 5.74) is -0.447. The molecule has 0 heterocycles. The SMILES string of the molecule is CCOC(=O)COc1cc(CO)c([N+](=O)[O-])cc1OCC(=O)OCC. The van der Waals surface area contributed by atoms with E-state index in [4.69, 9.17) is 18.9 Å². The fraction of sp³-hybridized carbons (Fsp3) is 0.467. The second kappa shape index (κ2) is 10.1. The fourth-order valence-electron chi connectivity index (χ4n) is 1.79. The first kappa shape index (κ1) is 20.2. The molecule has 0 unspecified atom stereocenters. The van der Waals surface area contributed by atoms with E-state index in [2.05, 4.69) is 0 Å². The van der Waals surface area contributed by atoms with Crippen LogP contribution in [0.15, 0.2) is 12.1 Å². The number of carbonyl (C=O) groups excluding carboxylic acids is 2. The third-order valence-corrected chi connectivity index (χ3v) is 2.81. The predicted molar refractivity (Wildman–Crippen MR) is 83.3 cm³/mol. The smallest absolute Gasteiger partial charge is 0.344 e. The Hall–Kier alpha value is -2.88. The van der Waals surface area contributed by atoms with Gasteiger partial charge in [0.2, 0.25) is 0 Å². The van der Waals surface area contributed by atoms with Crippen LogP contribution in [-0.2, 0) is 25.7 Å². The molecule has 10 nitrogen and oxygen atoms in total. The van der Waals surface area contributed by atoms with Crippen LogP contribution in [0.4, 0.5) is 5.69 Å². The van der Waals surface area contributed by atoms with Gasteiger partial charge in [0.05, 0.1) is 36.4 Å². The molecule has 0 aliphatic rings. The maximum absolute atomic E-state index is 11.4. The summed E-state index contributed by atoms with van der Waals surface area (Å²) in [5, 5.41) is 20.3. The van der Waals surface area contributed by atoms with Crippen LogP contribution < -0.4 is 9.47 Å². The van der Waals surface area contributed by atoms with Gasteiger partial charge in [-0.15, -0.1) is 0 Å². The lowest BCUT2D eigenvalue weighted by atomic mass is 10.1. The predicted octanol–water partition coefficient (Wildman–Crippen LogP) is 0.971. The summed E-state index contributed by atoms with van der Waals surface area (Å²) in [6, 6.07) is 2.17. The number of nitro groups is 1. The van der Waals surface area contributed by atoms with Crippen molar-refractivity contribution in [3.8, 4) is 11.5 Å². The third kappa shape index (κ3) is 6.26. The van der Waals surface area contributed by atoms with Gasteiger partial charge in [-0.1, -0.05) is 0 Å². The van der Waals surface area contributed by atoms with E-state index in [9.17, 15) is 24.8 Å². The Kier molecular flexibility index (Phi) is 8.13. The van der Waals surface area contributed by atoms with Crippen LogP contribution in [0.3, 0.4) is 0 Å². The first-order valence-electron chi connectivity index (χ1n) is 7.41. The van der Waals surface area contributed by atoms with Gasteiger partial charge in [0.25, 0.3) is 5.69 Å². The maximum Gasteiger partial charge on any atom is 0.344 e. The van der Waals surface area contributed by atoms with E-state index in [1.807, 2.05) is 0 Å². The minimum atomic E-state index is -0.710. The van der Waals surface area contributed by atoms with E-state index in [0.717, 1.165) is 12.1 Å². The van der Waals surface area contributed by atoms with E-state index >= 15 is 0 Å². The fourth-order valence-corrected chi connectivity index (χ4v) is 1.79. The Morgan fingerprint density at radius 3 is 1.92 bits per heavy atom. The molecule has 0 saturated heterocycles. The summed E-state index contributed by atoms with van der Waals surface area (Å²) in [7, 11) is 0. The van der Waals surface area contributed by atoms with Gasteiger partial charge < -0.3 is 24.1 Å². The standard InChI is InChI=1S/C15H19NO9/c1-3-22-14(18)8-24-12-5-10(7-17)11(16(20)21)6-13(12)25-9-15(19)23-4-2/h5-6,17H,3-4,7-9H2,1-2H3. The van der Waals surface area contributed by atoms with E-state index in [0.29, 0.717) is 0 Å². The zero-order valence-electron chi connectivity index (χ0n) is 13.9. The van der Waals surface area contributed by atoms with Gasteiger partial charge in [0, 0.05) is 0 Å². The van der Waals surface area contributed by atoms with Gasteiger partial charge in [0.1, 0.15) is 0 Å². The molecule has 0 radical (unpaired) electrons. The van der Waals surface area contributed by atoms with Crippen molar-refractivity contribution in [1.82, 2.24) is 0 Å². The zero-order chi connectivity index (χ0) is 18.8. The largest absolute Gasteiger partial charge is 0.478 e. The summed E-state index contributed by atoms with van der Waals surface area (Å²) >= 11 is 0. The van der Waals surface area contributed by atoms with Crippen molar-refractivity contribution in [2.45, 2.75) is 20.5 Å². The van der Waals surface area contributed by atoms with Gasteiger partial charge in [-0.2, -0.15) is 0 Å². The number of nitro benzene ring substituents is 1. The minimum Gasteiger partial charge on any atom is -0.478 e. The molecule has 1 aromatic carbocycles. The van der Waals surface area contributed by atoms with E-state index in [1.165, 1.54) is 0 Å². The van der Waals surface area contributed by atoms with Crippen LogP contribution in [-0.4, -0.2) is 48.4 Å². The highest BCUT2D eigenvalue weighted by molar-refractivity contribution is 5.72. The number of aliphatic hydroxyl groups excluding tert-OH is 1. The molecule has 25 heavy (non-hydrogen) atoms. The number of esters is 2. The van der Waals surface area contributed by atoms with Crippen LogP contribution in [0, 0.1) is 10.1 Å².